The standard InChI is InChI=1S/C26H29NO6/c1-15-13-17(10-11-19(15)31-2)24(28)22-23(16-9-12-20(32-3)21(14-16)33-4)27(26(30)25(22)29)18-7-5-6-8-18/h9-14,18,23,28H,5-8H2,1-4H3/b24-22-. The Balaban J connectivity index is 1.90. The topological polar surface area (TPSA) is 85.3 Å². The summed E-state index contributed by atoms with van der Waals surface area (Å²) in [6.07, 6.45) is 3.67. The van der Waals surface area contributed by atoms with E-state index in [9.17, 15) is 14.7 Å². The highest BCUT2D eigenvalue weighted by molar-refractivity contribution is 6.46. The summed E-state index contributed by atoms with van der Waals surface area (Å²) in [6.45, 7) is 1.86. The molecule has 0 spiro atoms. The largest absolute Gasteiger partial charge is 0.507 e. The van der Waals surface area contributed by atoms with Crippen molar-refractivity contribution in [2.45, 2.75) is 44.7 Å². The van der Waals surface area contributed by atoms with Crippen LogP contribution in [-0.4, -0.2) is 49.1 Å². The van der Waals surface area contributed by atoms with E-state index in [1.54, 1.807) is 49.5 Å². The molecule has 1 atom stereocenters. The number of hydrogen-bond acceptors (Lipinski definition) is 6. The lowest BCUT2D eigenvalue weighted by Gasteiger charge is -2.31. The Labute approximate surface area is 193 Å². The number of likely N-dealkylation sites (tertiary alicyclic amines) is 1. The molecule has 0 aromatic heterocycles. The molecule has 1 unspecified atom stereocenters. The molecular formula is C26H29NO6. The molecule has 1 heterocycles. The Morgan fingerprint density at radius 2 is 1.55 bits per heavy atom. The maximum atomic E-state index is 13.3. The average molecular weight is 452 g/mol. The molecule has 1 N–H and O–H groups in total. The van der Waals surface area contributed by atoms with Gasteiger partial charge in [0.25, 0.3) is 11.7 Å². The SMILES string of the molecule is COc1ccc(/C(O)=C2/C(=O)C(=O)N(C3CCCC3)C2c2ccc(OC)c(OC)c2)cc1C. The molecule has 7 nitrogen and oxygen atoms in total. The zero-order chi connectivity index (χ0) is 23.7. The number of aliphatic hydroxyl groups is 1. The predicted octanol–water partition coefficient (Wildman–Crippen LogP) is 4.39. The summed E-state index contributed by atoms with van der Waals surface area (Å²) in [5.41, 5.74) is 2.05. The van der Waals surface area contributed by atoms with Gasteiger partial charge in [-0.2, -0.15) is 0 Å². The number of benzene rings is 2. The number of ketones is 1. The second kappa shape index (κ2) is 9.17. The number of aryl methyl sites for hydroxylation is 1. The van der Waals surface area contributed by atoms with Crippen molar-refractivity contribution in [2.24, 2.45) is 0 Å². The maximum Gasteiger partial charge on any atom is 0.295 e. The lowest BCUT2D eigenvalue weighted by atomic mass is 9.94. The molecule has 174 valence electrons. The van der Waals surface area contributed by atoms with Crippen LogP contribution in [0, 0.1) is 6.92 Å². The van der Waals surface area contributed by atoms with E-state index in [0.29, 0.717) is 28.4 Å². The third kappa shape index (κ3) is 3.92. The molecule has 4 rings (SSSR count). The van der Waals surface area contributed by atoms with E-state index in [0.717, 1.165) is 31.2 Å². The quantitative estimate of drug-likeness (QED) is 0.398. The lowest BCUT2D eigenvalue weighted by Crippen LogP contribution is -2.37. The molecule has 2 aromatic carbocycles. The molecular weight excluding hydrogens is 422 g/mol. The molecule has 33 heavy (non-hydrogen) atoms. The van der Waals surface area contributed by atoms with E-state index in [1.807, 2.05) is 13.0 Å². The summed E-state index contributed by atoms with van der Waals surface area (Å²) < 4.78 is 16.1. The Bertz CT molecular complexity index is 1120. The van der Waals surface area contributed by atoms with E-state index >= 15 is 0 Å². The maximum absolute atomic E-state index is 13.3. The molecule has 0 radical (unpaired) electrons. The van der Waals surface area contributed by atoms with Gasteiger partial charge in [-0.1, -0.05) is 18.9 Å². The van der Waals surface area contributed by atoms with Crippen LogP contribution in [0.15, 0.2) is 42.0 Å². The summed E-state index contributed by atoms with van der Waals surface area (Å²) in [7, 11) is 4.66. The zero-order valence-corrected chi connectivity index (χ0v) is 19.4. The van der Waals surface area contributed by atoms with Gasteiger partial charge in [0.05, 0.1) is 32.9 Å². The van der Waals surface area contributed by atoms with Gasteiger partial charge in [-0.3, -0.25) is 9.59 Å². The van der Waals surface area contributed by atoms with Crippen molar-refractivity contribution in [3.8, 4) is 17.2 Å². The van der Waals surface area contributed by atoms with E-state index in [4.69, 9.17) is 14.2 Å². The smallest absolute Gasteiger partial charge is 0.295 e. The van der Waals surface area contributed by atoms with E-state index < -0.39 is 17.7 Å². The number of nitrogens with zero attached hydrogens (tertiary/aromatic N) is 1. The number of Topliss-reactive ketones (excluding diaryl/α,β-unsaturated/α-hetero) is 1. The molecule has 2 aromatic rings. The second-order valence-electron chi connectivity index (χ2n) is 8.44. The van der Waals surface area contributed by atoms with Gasteiger partial charge in [0.2, 0.25) is 0 Å². The van der Waals surface area contributed by atoms with Gasteiger partial charge in [0, 0.05) is 11.6 Å². The molecule has 1 aliphatic heterocycles. The van der Waals surface area contributed by atoms with Gasteiger partial charge in [-0.15, -0.1) is 0 Å². The number of carbonyl (C=O) groups excluding carboxylic acids is 2. The molecule has 2 fully saturated rings. The first kappa shape index (κ1) is 22.7. The number of methoxy groups -OCH3 is 3. The fourth-order valence-electron chi connectivity index (χ4n) is 4.94. The molecule has 1 saturated carbocycles. The first-order valence-electron chi connectivity index (χ1n) is 11.1. The highest BCUT2D eigenvalue weighted by Crippen LogP contribution is 2.45. The lowest BCUT2D eigenvalue weighted by molar-refractivity contribution is -0.141. The molecule has 0 bridgehead atoms. The summed E-state index contributed by atoms with van der Waals surface area (Å²) in [6, 6.07) is 9.75. The Hall–Kier alpha value is -3.48. The summed E-state index contributed by atoms with van der Waals surface area (Å²) in [5.74, 6) is 0.270. The van der Waals surface area contributed by atoms with Crippen molar-refractivity contribution in [1.82, 2.24) is 4.90 Å². The van der Waals surface area contributed by atoms with Crippen molar-refractivity contribution in [3.05, 3.63) is 58.7 Å². The number of aliphatic hydroxyl groups excluding tert-OH is 1. The van der Waals surface area contributed by atoms with Crippen LogP contribution in [0.5, 0.6) is 17.2 Å². The van der Waals surface area contributed by atoms with Crippen molar-refractivity contribution in [3.63, 3.8) is 0 Å². The van der Waals surface area contributed by atoms with Crippen molar-refractivity contribution in [1.29, 1.82) is 0 Å². The van der Waals surface area contributed by atoms with Gasteiger partial charge in [0.1, 0.15) is 11.5 Å². The number of rotatable bonds is 6. The number of ether oxygens (including phenoxy) is 3. The third-order valence-corrected chi connectivity index (χ3v) is 6.59. The van der Waals surface area contributed by atoms with Crippen LogP contribution in [0.4, 0.5) is 0 Å². The summed E-state index contributed by atoms with van der Waals surface area (Å²) in [5, 5.41) is 11.3. The van der Waals surface area contributed by atoms with E-state index in [2.05, 4.69) is 0 Å². The third-order valence-electron chi connectivity index (χ3n) is 6.59. The summed E-state index contributed by atoms with van der Waals surface area (Å²) >= 11 is 0. The Morgan fingerprint density at radius 1 is 0.909 bits per heavy atom. The Kier molecular flexibility index (Phi) is 6.31. The van der Waals surface area contributed by atoms with Crippen LogP contribution >= 0.6 is 0 Å². The predicted molar refractivity (Wildman–Crippen MR) is 124 cm³/mol. The van der Waals surface area contributed by atoms with Gasteiger partial charge in [-0.05, 0) is 61.2 Å². The highest BCUT2D eigenvalue weighted by Gasteiger charge is 2.49. The molecule has 1 aliphatic carbocycles. The van der Waals surface area contributed by atoms with Crippen molar-refractivity contribution < 1.29 is 28.9 Å². The minimum atomic E-state index is -0.713. The van der Waals surface area contributed by atoms with Crippen LogP contribution in [0.2, 0.25) is 0 Å². The van der Waals surface area contributed by atoms with E-state index in [1.165, 1.54) is 7.11 Å². The molecule has 1 saturated heterocycles. The normalized spacial score (nSPS) is 20.4. The van der Waals surface area contributed by atoms with Gasteiger partial charge >= 0.3 is 0 Å². The van der Waals surface area contributed by atoms with Gasteiger partial charge in [-0.25, -0.2) is 0 Å². The second-order valence-corrected chi connectivity index (χ2v) is 8.44. The number of carbonyl (C=O) groups is 2. The Morgan fingerprint density at radius 3 is 2.15 bits per heavy atom. The van der Waals surface area contributed by atoms with Crippen molar-refractivity contribution >= 4 is 17.4 Å². The van der Waals surface area contributed by atoms with Gasteiger partial charge < -0.3 is 24.2 Å². The van der Waals surface area contributed by atoms with Crippen LogP contribution in [-0.2, 0) is 9.59 Å². The fourth-order valence-corrected chi connectivity index (χ4v) is 4.94. The van der Waals surface area contributed by atoms with E-state index in [-0.39, 0.29) is 17.4 Å². The minimum absolute atomic E-state index is 0.0533. The first-order valence-corrected chi connectivity index (χ1v) is 11.1. The first-order chi connectivity index (χ1) is 15.9. The molecule has 2 aliphatic rings. The van der Waals surface area contributed by atoms with Crippen LogP contribution in [0.25, 0.3) is 5.76 Å². The fraction of sp³-hybridized carbons (Fsp3) is 0.385. The monoisotopic (exact) mass is 451 g/mol. The number of hydrogen-bond donors (Lipinski definition) is 1. The van der Waals surface area contributed by atoms with Gasteiger partial charge in [0.15, 0.2) is 11.5 Å². The zero-order valence-electron chi connectivity index (χ0n) is 19.4. The number of amides is 1. The molecule has 1 amide bonds. The summed E-state index contributed by atoms with van der Waals surface area (Å²) in [4.78, 5) is 28.1. The molecule has 7 heteroatoms. The van der Waals surface area contributed by atoms with Crippen LogP contribution < -0.4 is 14.2 Å². The highest BCUT2D eigenvalue weighted by atomic mass is 16.5. The van der Waals surface area contributed by atoms with Crippen LogP contribution in [0.3, 0.4) is 0 Å². The van der Waals surface area contributed by atoms with Crippen molar-refractivity contribution in [2.75, 3.05) is 21.3 Å². The van der Waals surface area contributed by atoms with Crippen LogP contribution in [0.1, 0.15) is 48.4 Å². The minimum Gasteiger partial charge on any atom is -0.507 e. The average Bonchev–Trinajstić information content (AvgIpc) is 3.44.